The molecule has 4 unspecified atom stereocenters. The fraction of sp³-hybridized carbons (Fsp3) is 0.579. The van der Waals surface area contributed by atoms with Crippen molar-refractivity contribution in [3.8, 4) is 0 Å². The van der Waals surface area contributed by atoms with E-state index in [1.54, 1.807) is 18.2 Å². The van der Waals surface area contributed by atoms with Crippen LogP contribution in [0.25, 0.3) is 0 Å². The molecular weight excluding hydrogens is 389 g/mol. The highest BCUT2D eigenvalue weighted by molar-refractivity contribution is 8.00. The summed E-state index contributed by atoms with van der Waals surface area (Å²) in [6.07, 6.45) is 2.32. The SMILES string of the molecule is CC(N)C1CCCN(C(=O)C2CSC(Cc3ccccc3F)C(=O)N2)C1.Cl. The molecule has 2 aliphatic rings. The van der Waals surface area contributed by atoms with Crippen LogP contribution in [-0.4, -0.2) is 52.9 Å². The molecule has 2 saturated heterocycles. The number of carbonyl (C=O) groups excluding carboxylic acids is 2. The van der Waals surface area contributed by atoms with Gasteiger partial charge in [0.25, 0.3) is 0 Å². The van der Waals surface area contributed by atoms with Crippen molar-refractivity contribution in [3.05, 3.63) is 35.6 Å². The number of likely N-dealkylation sites (tertiary alicyclic amines) is 1. The predicted molar refractivity (Wildman–Crippen MR) is 108 cm³/mol. The number of piperidine rings is 1. The Balaban J connectivity index is 0.00000261. The minimum Gasteiger partial charge on any atom is -0.343 e. The fourth-order valence-corrected chi connectivity index (χ4v) is 4.77. The van der Waals surface area contributed by atoms with Crippen LogP contribution in [0.4, 0.5) is 4.39 Å². The third-order valence-electron chi connectivity index (χ3n) is 5.25. The third kappa shape index (κ3) is 5.36. The molecule has 0 radical (unpaired) electrons. The van der Waals surface area contributed by atoms with Gasteiger partial charge in [-0.05, 0) is 43.7 Å². The van der Waals surface area contributed by atoms with Crippen LogP contribution in [0.2, 0.25) is 0 Å². The maximum atomic E-state index is 13.8. The number of thioether (sulfide) groups is 1. The molecule has 27 heavy (non-hydrogen) atoms. The van der Waals surface area contributed by atoms with Crippen LogP contribution in [0.5, 0.6) is 0 Å². The van der Waals surface area contributed by atoms with Crippen LogP contribution >= 0.6 is 24.2 Å². The molecule has 4 atom stereocenters. The van der Waals surface area contributed by atoms with Gasteiger partial charge in [-0.2, -0.15) is 0 Å². The molecule has 1 aromatic rings. The zero-order valence-corrected chi connectivity index (χ0v) is 17.0. The second kappa shape index (κ2) is 9.75. The van der Waals surface area contributed by atoms with Crippen molar-refractivity contribution < 1.29 is 14.0 Å². The molecule has 2 aliphatic heterocycles. The van der Waals surface area contributed by atoms with E-state index in [1.807, 2.05) is 11.8 Å². The predicted octanol–water partition coefficient (Wildman–Crippen LogP) is 1.98. The summed E-state index contributed by atoms with van der Waals surface area (Å²) in [5.74, 6) is 0.315. The Labute approximate surface area is 170 Å². The van der Waals surface area contributed by atoms with Gasteiger partial charge in [0, 0.05) is 24.9 Å². The maximum Gasteiger partial charge on any atom is 0.246 e. The highest BCUT2D eigenvalue weighted by atomic mass is 35.5. The molecule has 0 bridgehead atoms. The molecule has 3 N–H and O–H groups in total. The molecule has 2 amide bonds. The third-order valence-corrected chi connectivity index (χ3v) is 6.56. The first-order valence-corrected chi connectivity index (χ1v) is 10.2. The molecule has 150 valence electrons. The number of nitrogens with one attached hydrogen (secondary N) is 1. The van der Waals surface area contributed by atoms with E-state index in [0.717, 1.165) is 19.4 Å². The molecule has 1 aromatic carbocycles. The van der Waals surface area contributed by atoms with Gasteiger partial charge in [-0.1, -0.05) is 18.2 Å². The quantitative estimate of drug-likeness (QED) is 0.788. The molecule has 2 heterocycles. The Morgan fingerprint density at radius 3 is 2.85 bits per heavy atom. The van der Waals surface area contributed by atoms with Crippen LogP contribution in [0, 0.1) is 11.7 Å². The second-order valence-corrected chi connectivity index (χ2v) is 8.46. The van der Waals surface area contributed by atoms with Gasteiger partial charge < -0.3 is 16.0 Å². The van der Waals surface area contributed by atoms with Crippen molar-refractivity contribution in [3.63, 3.8) is 0 Å². The summed E-state index contributed by atoms with van der Waals surface area (Å²) >= 11 is 1.43. The molecule has 5 nitrogen and oxygen atoms in total. The Bertz CT molecular complexity index is 676. The van der Waals surface area contributed by atoms with Crippen molar-refractivity contribution in [1.29, 1.82) is 0 Å². The van der Waals surface area contributed by atoms with Crippen molar-refractivity contribution in [1.82, 2.24) is 10.2 Å². The van der Waals surface area contributed by atoms with Crippen molar-refractivity contribution in [2.75, 3.05) is 18.8 Å². The van der Waals surface area contributed by atoms with E-state index in [9.17, 15) is 14.0 Å². The van der Waals surface area contributed by atoms with E-state index in [2.05, 4.69) is 5.32 Å². The summed E-state index contributed by atoms with van der Waals surface area (Å²) in [4.78, 5) is 27.1. The lowest BCUT2D eigenvalue weighted by Gasteiger charge is -2.38. The van der Waals surface area contributed by atoms with Crippen LogP contribution in [0.1, 0.15) is 25.3 Å². The van der Waals surface area contributed by atoms with Crippen LogP contribution in [0.3, 0.4) is 0 Å². The van der Waals surface area contributed by atoms with Crippen LogP contribution in [0.15, 0.2) is 24.3 Å². The number of nitrogens with two attached hydrogens (primary N) is 1. The number of nitrogens with zero attached hydrogens (tertiary/aromatic N) is 1. The highest BCUT2D eigenvalue weighted by Crippen LogP contribution is 2.25. The first-order valence-electron chi connectivity index (χ1n) is 9.15. The molecule has 0 saturated carbocycles. The molecule has 2 fully saturated rings. The van der Waals surface area contributed by atoms with E-state index in [0.29, 0.717) is 30.2 Å². The Hall–Kier alpha value is -1.31. The van der Waals surface area contributed by atoms with Crippen molar-refractivity contribution >= 4 is 36.0 Å². The summed E-state index contributed by atoms with van der Waals surface area (Å²) < 4.78 is 13.8. The first-order chi connectivity index (χ1) is 12.5. The topological polar surface area (TPSA) is 75.4 Å². The van der Waals surface area contributed by atoms with E-state index in [4.69, 9.17) is 5.73 Å². The number of amides is 2. The van der Waals surface area contributed by atoms with Gasteiger partial charge in [0.2, 0.25) is 11.8 Å². The number of hydrogen-bond donors (Lipinski definition) is 2. The minimum atomic E-state index is -0.504. The number of benzene rings is 1. The number of halogens is 2. The van der Waals surface area contributed by atoms with Crippen LogP contribution in [-0.2, 0) is 16.0 Å². The van der Waals surface area contributed by atoms with Gasteiger partial charge >= 0.3 is 0 Å². The molecule has 0 aromatic heterocycles. The van der Waals surface area contributed by atoms with Crippen molar-refractivity contribution in [2.45, 2.75) is 43.5 Å². The average molecular weight is 416 g/mol. The molecule has 0 aliphatic carbocycles. The summed E-state index contributed by atoms with van der Waals surface area (Å²) in [5.41, 5.74) is 6.52. The zero-order valence-electron chi connectivity index (χ0n) is 15.4. The van der Waals surface area contributed by atoms with Gasteiger partial charge in [0.15, 0.2) is 0 Å². The van der Waals surface area contributed by atoms with Gasteiger partial charge in [-0.25, -0.2) is 4.39 Å². The summed E-state index contributed by atoms with van der Waals surface area (Å²) in [6, 6.07) is 6.06. The van der Waals surface area contributed by atoms with E-state index in [1.165, 1.54) is 17.8 Å². The fourth-order valence-electron chi connectivity index (χ4n) is 3.60. The van der Waals surface area contributed by atoms with Gasteiger partial charge in [0.1, 0.15) is 11.9 Å². The smallest absolute Gasteiger partial charge is 0.246 e. The second-order valence-electron chi connectivity index (χ2n) is 7.22. The van der Waals surface area contributed by atoms with E-state index < -0.39 is 6.04 Å². The van der Waals surface area contributed by atoms with Crippen LogP contribution < -0.4 is 11.1 Å². The first kappa shape index (κ1) is 22.0. The molecule has 8 heteroatoms. The summed E-state index contributed by atoms with van der Waals surface area (Å²) in [7, 11) is 0. The Morgan fingerprint density at radius 2 is 2.19 bits per heavy atom. The van der Waals surface area contributed by atoms with Gasteiger partial charge in [-0.3, -0.25) is 9.59 Å². The lowest BCUT2D eigenvalue weighted by molar-refractivity contribution is -0.137. The highest BCUT2D eigenvalue weighted by Gasteiger charge is 2.36. The Kier molecular flexibility index (Phi) is 7.94. The zero-order chi connectivity index (χ0) is 18.7. The lowest BCUT2D eigenvalue weighted by atomic mass is 9.92. The summed E-state index contributed by atoms with van der Waals surface area (Å²) in [6.45, 7) is 3.36. The normalized spacial score (nSPS) is 26.7. The molecule has 3 rings (SSSR count). The maximum absolute atomic E-state index is 13.8. The van der Waals surface area contributed by atoms with E-state index in [-0.39, 0.29) is 41.3 Å². The van der Waals surface area contributed by atoms with Gasteiger partial charge in [0.05, 0.1) is 5.25 Å². The summed E-state index contributed by atoms with van der Waals surface area (Å²) in [5, 5.41) is 2.48. The molecule has 0 spiro atoms. The average Bonchev–Trinajstić information content (AvgIpc) is 2.64. The van der Waals surface area contributed by atoms with Crippen molar-refractivity contribution in [2.24, 2.45) is 11.7 Å². The monoisotopic (exact) mass is 415 g/mol. The number of rotatable bonds is 4. The van der Waals surface area contributed by atoms with Gasteiger partial charge in [-0.15, -0.1) is 24.2 Å². The Morgan fingerprint density at radius 1 is 1.44 bits per heavy atom. The lowest BCUT2D eigenvalue weighted by Crippen LogP contribution is -2.57. The number of hydrogen-bond acceptors (Lipinski definition) is 4. The standard InChI is InChI=1S/C19H26FN3O2S.ClH/c1-12(21)14-6-4-8-23(10-14)19(25)16-11-26-17(18(24)22-16)9-13-5-2-3-7-15(13)20;/h2-3,5,7,12,14,16-17H,4,6,8-11,21H2,1H3,(H,22,24);1H. The number of carbonyl (C=O) groups is 2. The molecular formula is C19H27ClFN3O2S. The minimum absolute atomic E-state index is 0. The van der Waals surface area contributed by atoms with E-state index >= 15 is 0 Å². The largest absolute Gasteiger partial charge is 0.343 e.